The van der Waals surface area contributed by atoms with E-state index in [4.69, 9.17) is 0 Å². The monoisotopic (exact) mass is 551 g/mol. The van der Waals surface area contributed by atoms with Crippen LogP contribution in [0, 0.1) is 17.4 Å². The number of hydrogen-bond donors (Lipinski definition) is 4. The van der Waals surface area contributed by atoms with Crippen molar-refractivity contribution in [2.24, 2.45) is 5.10 Å². The number of halogens is 1. The summed E-state index contributed by atoms with van der Waals surface area (Å²) in [7, 11) is 0. The fourth-order valence-electron chi connectivity index (χ4n) is 3.05. The van der Waals surface area contributed by atoms with E-state index < -0.39 is 0 Å². The molecule has 0 fully saturated rings. The van der Waals surface area contributed by atoms with Gasteiger partial charge in [0.1, 0.15) is 5.75 Å². The van der Waals surface area contributed by atoms with Crippen LogP contribution in [0.2, 0.25) is 0 Å². The van der Waals surface area contributed by atoms with Crippen LogP contribution in [0.25, 0.3) is 0 Å². The van der Waals surface area contributed by atoms with Crippen LogP contribution in [-0.4, -0.2) is 26.3 Å². The van der Waals surface area contributed by atoms with Crippen molar-refractivity contribution in [2.75, 3.05) is 16.1 Å². The molecule has 8 nitrogen and oxygen atoms in total. The Balaban J connectivity index is 1.61. The Labute approximate surface area is 205 Å². The van der Waals surface area contributed by atoms with Gasteiger partial charge in [0, 0.05) is 20.5 Å². The number of nitrogens with zero attached hydrogens (tertiary/aromatic N) is 4. The number of anilines is 5. The van der Waals surface area contributed by atoms with Crippen LogP contribution in [-0.2, 0) is 0 Å². The van der Waals surface area contributed by atoms with Gasteiger partial charge in [-0.05, 0) is 78.4 Å². The third-order valence-corrected chi connectivity index (χ3v) is 5.32. The van der Waals surface area contributed by atoms with Gasteiger partial charge >= 0.3 is 0 Å². The summed E-state index contributed by atoms with van der Waals surface area (Å²) >= 11 is 2.18. The lowest BCUT2D eigenvalue weighted by molar-refractivity contribution is 0.474. The lowest BCUT2D eigenvalue weighted by Gasteiger charge is -2.12. The van der Waals surface area contributed by atoms with Crippen LogP contribution in [0.15, 0.2) is 71.8 Å². The normalized spacial score (nSPS) is 10.9. The van der Waals surface area contributed by atoms with E-state index in [0.29, 0.717) is 17.5 Å². The summed E-state index contributed by atoms with van der Waals surface area (Å²) in [5.41, 5.74) is 7.41. The molecular weight excluding hydrogens is 529 g/mol. The zero-order valence-corrected chi connectivity index (χ0v) is 20.2. The van der Waals surface area contributed by atoms with Crippen LogP contribution in [0.5, 0.6) is 5.75 Å². The van der Waals surface area contributed by atoms with E-state index >= 15 is 0 Å². The average Bonchev–Trinajstić information content (AvgIpc) is 2.79. The third-order valence-electron chi connectivity index (χ3n) is 4.65. The molecule has 166 valence electrons. The molecule has 1 heterocycles. The van der Waals surface area contributed by atoms with Gasteiger partial charge < -0.3 is 15.7 Å². The summed E-state index contributed by atoms with van der Waals surface area (Å²) in [5.74, 6) is 1.11. The second kappa shape index (κ2) is 10.3. The molecule has 3 aromatic carbocycles. The highest BCUT2D eigenvalue weighted by atomic mass is 127. The van der Waals surface area contributed by atoms with Gasteiger partial charge in [0.2, 0.25) is 17.8 Å². The number of benzene rings is 3. The first-order chi connectivity index (χ1) is 16.0. The van der Waals surface area contributed by atoms with Gasteiger partial charge in [-0.25, -0.2) is 5.43 Å². The Hall–Kier alpha value is -3.73. The molecule has 0 aliphatic carbocycles. The molecule has 4 N–H and O–H groups in total. The van der Waals surface area contributed by atoms with Gasteiger partial charge in [-0.2, -0.15) is 20.1 Å². The number of hydrogen-bond acceptors (Lipinski definition) is 8. The number of phenols is 1. The molecule has 0 saturated carbocycles. The number of phenolic OH excluding ortho intramolecular Hbond substituents is 1. The van der Waals surface area contributed by atoms with Crippen LogP contribution in [0.1, 0.15) is 16.7 Å². The van der Waals surface area contributed by atoms with Crippen molar-refractivity contribution in [1.82, 2.24) is 15.0 Å². The highest BCUT2D eigenvalue weighted by molar-refractivity contribution is 14.1. The number of para-hydroxylation sites is 1. The molecular formula is C24H22IN7O. The maximum atomic E-state index is 10.0. The summed E-state index contributed by atoms with van der Waals surface area (Å²) in [6, 6.07) is 21.0. The predicted molar refractivity (Wildman–Crippen MR) is 141 cm³/mol. The van der Waals surface area contributed by atoms with Gasteiger partial charge in [0.25, 0.3) is 0 Å². The van der Waals surface area contributed by atoms with E-state index in [-0.39, 0.29) is 11.7 Å². The van der Waals surface area contributed by atoms with Gasteiger partial charge in [-0.1, -0.05) is 35.9 Å². The maximum absolute atomic E-state index is 10.0. The number of aromatic nitrogens is 3. The number of hydrazone groups is 1. The summed E-state index contributed by atoms with van der Waals surface area (Å²) in [5, 5.41) is 20.6. The Bertz CT molecular complexity index is 1300. The molecule has 0 unspecified atom stereocenters. The van der Waals surface area contributed by atoms with Crippen LogP contribution in [0.3, 0.4) is 0 Å². The number of nitrogens with one attached hydrogen (secondary N) is 3. The first-order valence-electron chi connectivity index (χ1n) is 10.2. The van der Waals surface area contributed by atoms with E-state index in [1.54, 1.807) is 6.07 Å². The zero-order valence-electron chi connectivity index (χ0n) is 18.0. The molecule has 4 rings (SSSR count). The summed E-state index contributed by atoms with van der Waals surface area (Å²) < 4.78 is 0.987. The number of aromatic hydroxyl groups is 1. The molecule has 1 aromatic heterocycles. The topological polar surface area (TPSA) is 107 Å². The molecule has 0 bridgehead atoms. The molecule has 9 heteroatoms. The van der Waals surface area contributed by atoms with Crippen molar-refractivity contribution in [3.8, 4) is 5.75 Å². The highest BCUT2D eigenvalue weighted by Gasteiger charge is 2.09. The van der Waals surface area contributed by atoms with Gasteiger partial charge in [-0.3, -0.25) is 0 Å². The Morgan fingerprint density at radius 3 is 2.33 bits per heavy atom. The van der Waals surface area contributed by atoms with Crippen molar-refractivity contribution in [3.05, 3.63) is 87.0 Å². The van der Waals surface area contributed by atoms with E-state index in [1.807, 2.05) is 68.4 Å². The molecule has 0 spiro atoms. The second-order valence-electron chi connectivity index (χ2n) is 7.31. The highest BCUT2D eigenvalue weighted by Crippen LogP contribution is 2.22. The minimum atomic E-state index is 0.139. The number of rotatable bonds is 7. The van der Waals surface area contributed by atoms with Crippen molar-refractivity contribution in [3.63, 3.8) is 0 Å². The lowest BCUT2D eigenvalue weighted by atomic mass is 10.1. The lowest BCUT2D eigenvalue weighted by Crippen LogP contribution is -2.07. The largest absolute Gasteiger partial charge is 0.507 e. The van der Waals surface area contributed by atoms with E-state index in [2.05, 4.69) is 64.8 Å². The Morgan fingerprint density at radius 1 is 0.848 bits per heavy atom. The van der Waals surface area contributed by atoms with E-state index in [9.17, 15) is 5.11 Å². The average molecular weight is 551 g/mol. The molecule has 0 aliphatic heterocycles. The van der Waals surface area contributed by atoms with Crippen molar-refractivity contribution in [2.45, 2.75) is 13.8 Å². The van der Waals surface area contributed by atoms with Crippen molar-refractivity contribution >= 4 is 58.0 Å². The quantitative estimate of drug-likeness (QED) is 0.132. The number of aryl methyl sites for hydroxylation is 2. The van der Waals surface area contributed by atoms with E-state index in [1.165, 1.54) is 11.8 Å². The molecule has 33 heavy (non-hydrogen) atoms. The fraction of sp³-hybridized carbons (Fsp3) is 0.0833. The SMILES string of the molecule is Cc1ccc(Nc2nc(N/N=C\c3cc(I)ccc3O)nc(Nc3ccccc3)n2)c(C)c1. The molecule has 0 aliphatic rings. The van der Waals surface area contributed by atoms with Crippen molar-refractivity contribution < 1.29 is 5.11 Å². The standard InChI is InChI=1S/C24H22IN7O/c1-15-8-10-20(16(2)12-15)28-23-29-22(27-19-6-4-3-5-7-19)30-24(31-23)32-26-14-17-13-18(25)9-11-21(17)33/h3-14,33H,1-2H3,(H3,27,28,29,30,31,32)/b26-14-. The molecule has 0 saturated heterocycles. The smallest absolute Gasteiger partial charge is 0.250 e. The second-order valence-corrected chi connectivity index (χ2v) is 8.56. The van der Waals surface area contributed by atoms with Crippen molar-refractivity contribution in [1.29, 1.82) is 0 Å². The minimum absolute atomic E-state index is 0.139. The Kier molecular flexibility index (Phi) is 6.98. The van der Waals surface area contributed by atoms with Gasteiger partial charge in [-0.15, -0.1) is 0 Å². The minimum Gasteiger partial charge on any atom is -0.507 e. The zero-order chi connectivity index (χ0) is 23.2. The fourth-order valence-corrected chi connectivity index (χ4v) is 3.57. The maximum Gasteiger partial charge on any atom is 0.250 e. The third kappa shape index (κ3) is 6.16. The van der Waals surface area contributed by atoms with Gasteiger partial charge in [0.05, 0.1) is 6.21 Å². The predicted octanol–water partition coefficient (Wildman–Crippen LogP) is 5.73. The van der Waals surface area contributed by atoms with Crippen LogP contribution >= 0.6 is 22.6 Å². The van der Waals surface area contributed by atoms with Gasteiger partial charge in [0.15, 0.2) is 0 Å². The summed E-state index contributed by atoms with van der Waals surface area (Å²) in [6.07, 6.45) is 1.52. The molecule has 4 aromatic rings. The molecule has 0 radical (unpaired) electrons. The first-order valence-corrected chi connectivity index (χ1v) is 11.2. The van der Waals surface area contributed by atoms with Crippen LogP contribution < -0.4 is 16.1 Å². The van der Waals surface area contributed by atoms with Crippen LogP contribution in [0.4, 0.5) is 29.2 Å². The summed E-state index contributed by atoms with van der Waals surface area (Å²) in [6.45, 7) is 4.07. The van der Waals surface area contributed by atoms with E-state index in [0.717, 1.165) is 20.5 Å². The first kappa shape index (κ1) is 22.5. The molecule has 0 atom stereocenters. The summed E-state index contributed by atoms with van der Waals surface area (Å²) in [4.78, 5) is 13.4. The molecule has 0 amide bonds. The Morgan fingerprint density at radius 2 is 1.58 bits per heavy atom.